The smallest absolute Gasteiger partial charge is 0.169 e. The number of hydrogen-bond donors (Lipinski definition) is 4. The molecular formula is C21H19FN6. The van der Waals surface area contributed by atoms with Crippen LogP contribution < -0.4 is 22.1 Å². The van der Waals surface area contributed by atoms with Gasteiger partial charge in [0.2, 0.25) is 0 Å². The largest absolute Gasteiger partial charge is 0.384 e. The Labute approximate surface area is 161 Å². The molecule has 0 unspecified atom stereocenters. The van der Waals surface area contributed by atoms with Crippen molar-refractivity contribution >= 4 is 28.2 Å². The van der Waals surface area contributed by atoms with E-state index in [-0.39, 0.29) is 5.82 Å². The first-order chi connectivity index (χ1) is 13.7. The van der Waals surface area contributed by atoms with E-state index in [2.05, 4.69) is 50.2 Å². The summed E-state index contributed by atoms with van der Waals surface area (Å²) in [5.74, 6) is 0.960. The molecule has 5 rings (SSSR count). The average molecular weight is 374 g/mol. The minimum absolute atomic E-state index is 0.214. The summed E-state index contributed by atoms with van der Waals surface area (Å²) in [5, 5.41) is 1.17. The highest BCUT2D eigenvalue weighted by Crippen LogP contribution is 2.32. The molecule has 140 valence electrons. The fourth-order valence-electron chi connectivity index (χ4n) is 3.76. The Morgan fingerprint density at radius 3 is 2.79 bits per heavy atom. The van der Waals surface area contributed by atoms with Gasteiger partial charge >= 0.3 is 0 Å². The highest BCUT2D eigenvalue weighted by atomic mass is 19.1. The number of rotatable bonds is 4. The topological polar surface area (TPSA) is 79.9 Å². The van der Waals surface area contributed by atoms with Gasteiger partial charge in [-0.15, -0.1) is 5.53 Å². The maximum atomic E-state index is 13.5. The molecule has 4 aromatic rings. The number of aromatic nitrogens is 2. The molecule has 6 nitrogen and oxygen atoms in total. The minimum atomic E-state index is -0.214. The summed E-state index contributed by atoms with van der Waals surface area (Å²) in [6, 6.07) is 17.0. The highest BCUT2D eigenvalue weighted by molar-refractivity contribution is 5.85. The van der Waals surface area contributed by atoms with Crippen molar-refractivity contribution in [3.63, 3.8) is 0 Å². The Kier molecular flexibility index (Phi) is 3.87. The molecule has 5 N–H and O–H groups in total. The minimum Gasteiger partial charge on any atom is -0.384 e. The molecule has 0 spiro atoms. The SMILES string of the molecule is Nc1cc(Cc2cccc3c2ccn3Cc2cccc(F)c2)c2c(n1)NNN2. The third-order valence-electron chi connectivity index (χ3n) is 5.02. The molecule has 1 aliphatic rings. The van der Waals surface area contributed by atoms with E-state index in [4.69, 9.17) is 5.73 Å². The van der Waals surface area contributed by atoms with Gasteiger partial charge in [0.05, 0.1) is 5.69 Å². The number of hydrazine groups is 2. The van der Waals surface area contributed by atoms with E-state index < -0.39 is 0 Å². The lowest BCUT2D eigenvalue weighted by Gasteiger charge is -2.10. The zero-order valence-electron chi connectivity index (χ0n) is 15.0. The van der Waals surface area contributed by atoms with Gasteiger partial charge in [0.15, 0.2) is 5.82 Å². The van der Waals surface area contributed by atoms with Gasteiger partial charge in [-0.05, 0) is 47.0 Å². The average Bonchev–Trinajstić information content (AvgIpc) is 3.30. The lowest BCUT2D eigenvalue weighted by Crippen LogP contribution is -2.19. The second kappa shape index (κ2) is 6.54. The summed E-state index contributed by atoms with van der Waals surface area (Å²) >= 11 is 0. The van der Waals surface area contributed by atoms with Gasteiger partial charge in [-0.1, -0.05) is 24.3 Å². The lowest BCUT2D eigenvalue weighted by molar-refractivity contribution is 0.624. The second-order valence-electron chi connectivity index (χ2n) is 6.91. The Balaban J connectivity index is 1.51. The van der Waals surface area contributed by atoms with Crippen LogP contribution in [0.2, 0.25) is 0 Å². The van der Waals surface area contributed by atoms with Crippen LogP contribution in [0.25, 0.3) is 10.9 Å². The summed E-state index contributed by atoms with van der Waals surface area (Å²) in [4.78, 5) is 4.28. The molecule has 2 aromatic heterocycles. The molecule has 1 aliphatic heterocycles. The summed E-state index contributed by atoms with van der Waals surface area (Å²) in [7, 11) is 0. The molecular weight excluding hydrogens is 355 g/mol. The van der Waals surface area contributed by atoms with Crippen LogP contribution in [0.3, 0.4) is 0 Å². The lowest BCUT2D eigenvalue weighted by atomic mass is 10.0. The summed E-state index contributed by atoms with van der Waals surface area (Å²) < 4.78 is 15.7. The van der Waals surface area contributed by atoms with Crippen molar-refractivity contribution in [1.82, 2.24) is 15.1 Å². The Hall–Kier alpha value is -3.58. The number of nitrogens with one attached hydrogen (secondary N) is 3. The number of pyridine rings is 1. The fourth-order valence-corrected chi connectivity index (χ4v) is 3.76. The number of nitrogens with zero attached hydrogens (tertiary/aromatic N) is 2. The van der Waals surface area contributed by atoms with Crippen LogP contribution in [0, 0.1) is 5.82 Å². The van der Waals surface area contributed by atoms with Crippen LogP contribution in [0.4, 0.5) is 21.7 Å². The molecule has 0 aliphatic carbocycles. The molecule has 2 aromatic carbocycles. The van der Waals surface area contributed by atoms with Gasteiger partial charge in [-0.25, -0.2) is 9.37 Å². The van der Waals surface area contributed by atoms with E-state index in [0.29, 0.717) is 24.6 Å². The van der Waals surface area contributed by atoms with E-state index >= 15 is 0 Å². The number of hydrogen-bond acceptors (Lipinski definition) is 5. The summed E-state index contributed by atoms with van der Waals surface area (Å²) in [6.07, 6.45) is 2.76. The number of nitrogens with two attached hydrogens (primary N) is 1. The van der Waals surface area contributed by atoms with Crippen molar-refractivity contribution in [3.8, 4) is 0 Å². The molecule has 3 heterocycles. The highest BCUT2D eigenvalue weighted by Gasteiger charge is 2.17. The number of anilines is 3. The van der Waals surface area contributed by atoms with Crippen LogP contribution >= 0.6 is 0 Å². The number of fused-ring (bicyclic) bond motifs is 2. The van der Waals surface area contributed by atoms with Crippen LogP contribution in [-0.4, -0.2) is 9.55 Å². The third-order valence-corrected chi connectivity index (χ3v) is 5.02. The van der Waals surface area contributed by atoms with E-state index in [1.165, 1.54) is 17.0 Å². The molecule has 7 heteroatoms. The molecule has 0 amide bonds. The van der Waals surface area contributed by atoms with E-state index in [9.17, 15) is 4.39 Å². The van der Waals surface area contributed by atoms with Crippen LogP contribution in [0.5, 0.6) is 0 Å². The molecule has 28 heavy (non-hydrogen) atoms. The van der Waals surface area contributed by atoms with Crippen molar-refractivity contribution in [2.45, 2.75) is 13.0 Å². The van der Waals surface area contributed by atoms with E-state index in [1.807, 2.05) is 18.3 Å². The molecule has 0 saturated heterocycles. The standard InChI is InChI=1S/C21H19FN6/c22-16-5-1-3-13(9-16)12-28-8-7-17-14(4-2-6-18(17)28)10-15-11-19(23)24-21-20(15)25-27-26-21/h1-9,11,25,27H,10,12H2,(H3,23,24,26). The monoisotopic (exact) mass is 374 g/mol. The number of benzene rings is 2. The predicted molar refractivity (Wildman–Crippen MR) is 109 cm³/mol. The predicted octanol–water partition coefficient (Wildman–Crippen LogP) is 3.65. The van der Waals surface area contributed by atoms with Crippen molar-refractivity contribution in [3.05, 3.63) is 83.3 Å². The molecule has 0 saturated carbocycles. The van der Waals surface area contributed by atoms with Crippen LogP contribution in [0.15, 0.2) is 60.8 Å². The van der Waals surface area contributed by atoms with Crippen molar-refractivity contribution in [1.29, 1.82) is 0 Å². The maximum absolute atomic E-state index is 13.5. The molecule has 0 bridgehead atoms. The molecule has 0 fully saturated rings. The number of halogens is 1. The van der Waals surface area contributed by atoms with Gasteiger partial charge in [0, 0.05) is 30.1 Å². The maximum Gasteiger partial charge on any atom is 0.169 e. The van der Waals surface area contributed by atoms with Gasteiger partial charge in [-0.3, -0.25) is 5.43 Å². The Morgan fingerprint density at radius 2 is 1.89 bits per heavy atom. The fraction of sp³-hybridized carbons (Fsp3) is 0.0952. The Morgan fingerprint density at radius 1 is 1.00 bits per heavy atom. The van der Waals surface area contributed by atoms with Gasteiger partial charge in [0.1, 0.15) is 11.6 Å². The van der Waals surface area contributed by atoms with Crippen molar-refractivity contribution in [2.24, 2.45) is 0 Å². The second-order valence-corrected chi connectivity index (χ2v) is 6.91. The normalized spacial score (nSPS) is 12.6. The number of nitrogen functional groups attached to an aromatic ring is 1. The molecule has 0 radical (unpaired) electrons. The summed E-state index contributed by atoms with van der Waals surface area (Å²) in [6.45, 7) is 0.623. The first-order valence-corrected chi connectivity index (χ1v) is 9.05. The zero-order chi connectivity index (χ0) is 19.1. The van der Waals surface area contributed by atoms with Gasteiger partial charge in [0.25, 0.3) is 0 Å². The summed E-state index contributed by atoms with van der Waals surface area (Å²) in [5.41, 5.74) is 20.1. The van der Waals surface area contributed by atoms with Gasteiger partial charge < -0.3 is 15.7 Å². The quantitative estimate of drug-likeness (QED) is 0.438. The van der Waals surface area contributed by atoms with Crippen LogP contribution in [0.1, 0.15) is 16.7 Å². The van der Waals surface area contributed by atoms with Gasteiger partial charge in [-0.2, -0.15) is 0 Å². The Bertz CT molecular complexity index is 1180. The zero-order valence-corrected chi connectivity index (χ0v) is 15.0. The first kappa shape index (κ1) is 16.6. The van der Waals surface area contributed by atoms with E-state index in [1.54, 1.807) is 12.1 Å². The molecule has 0 atom stereocenters. The van der Waals surface area contributed by atoms with Crippen LogP contribution in [-0.2, 0) is 13.0 Å². The first-order valence-electron chi connectivity index (χ1n) is 9.05. The van der Waals surface area contributed by atoms with E-state index in [0.717, 1.165) is 22.3 Å². The third kappa shape index (κ3) is 2.91. The van der Waals surface area contributed by atoms with Crippen molar-refractivity contribution < 1.29 is 4.39 Å². The van der Waals surface area contributed by atoms with Crippen molar-refractivity contribution in [2.75, 3.05) is 16.6 Å².